The largest absolute Gasteiger partial charge is 0.0767 e. The summed E-state index contributed by atoms with van der Waals surface area (Å²) in [6, 6.07) is 0. The van der Waals surface area contributed by atoms with E-state index in [4.69, 9.17) is 0 Å². The van der Waals surface area contributed by atoms with Gasteiger partial charge in [0.15, 0.2) is 0 Å². The maximum absolute atomic E-state index is 2.39. The molecule has 0 nitrogen and oxygen atoms in total. The molecule has 1 fully saturated rings. The maximum atomic E-state index is 2.39. The van der Waals surface area contributed by atoms with Crippen LogP contribution >= 0.6 is 0 Å². The van der Waals surface area contributed by atoms with Crippen LogP contribution in [0.1, 0.15) is 41.5 Å². The van der Waals surface area contributed by atoms with Crippen LogP contribution in [0.25, 0.3) is 0 Å². The Morgan fingerprint density at radius 3 is 1.33 bits per heavy atom. The Balaban J connectivity index is 2.99. The van der Waals surface area contributed by atoms with E-state index < -0.39 is 0 Å². The standard InChI is InChI=1S/C12H22/c1-7(2)12-10(5)8(3)9(4)11(12)6/h8-11H,1-6H3. The zero-order valence-corrected chi connectivity index (χ0v) is 9.31. The predicted octanol–water partition coefficient (Wildman–Crippen LogP) is 3.88. The van der Waals surface area contributed by atoms with E-state index in [-0.39, 0.29) is 0 Å². The van der Waals surface area contributed by atoms with E-state index in [0.717, 1.165) is 23.7 Å². The first kappa shape index (κ1) is 9.83. The van der Waals surface area contributed by atoms with Crippen molar-refractivity contribution in [3.05, 3.63) is 11.1 Å². The van der Waals surface area contributed by atoms with Crippen LogP contribution in [-0.2, 0) is 0 Å². The van der Waals surface area contributed by atoms with Crippen molar-refractivity contribution in [1.29, 1.82) is 0 Å². The molecule has 1 rings (SSSR count). The normalized spacial score (nSPS) is 42.0. The minimum Gasteiger partial charge on any atom is -0.0767 e. The lowest BCUT2D eigenvalue weighted by molar-refractivity contribution is 0.352. The Morgan fingerprint density at radius 1 is 0.833 bits per heavy atom. The van der Waals surface area contributed by atoms with Gasteiger partial charge in [-0.05, 0) is 37.5 Å². The van der Waals surface area contributed by atoms with Gasteiger partial charge in [-0.2, -0.15) is 0 Å². The van der Waals surface area contributed by atoms with Crippen molar-refractivity contribution in [1.82, 2.24) is 0 Å². The van der Waals surface area contributed by atoms with E-state index >= 15 is 0 Å². The SMILES string of the molecule is CC(C)=C1C(C)C(C)C(C)C1C. The molecule has 1 aliphatic carbocycles. The van der Waals surface area contributed by atoms with Crippen LogP contribution in [0, 0.1) is 23.7 Å². The van der Waals surface area contributed by atoms with Crippen LogP contribution in [0.5, 0.6) is 0 Å². The fourth-order valence-corrected chi connectivity index (χ4v) is 2.80. The lowest BCUT2D eigenvalue weighted by Gasteiger charge is -2.13. The Kier molecular flexibility index (Phi) is 2.65. The van der Waals surface area contributed by atoms with Gasteiger partial charge < -0.3 is 0 Å². The Bertz CT molecular complexity index is 180. The molecule has 4 atom stereocenters. The van der Waals surface area contributed by atoms with Gasteiger partial charge in [0, 0.05) is 0 Å². The molecule has 0 aromatic heterocycles. The second-order valence-electron chi connectivity index (χ2n) is 4.75. The number of hydrogen-bond acceptors (Lipinski definition) is 0. The molecule has 0 heteroatoms. The molecule has 0 spiro atoms. The van der Waals surface area contributed by atoms with Crippen molar-refractivity contribution in [2.45, 2.75) is 41.5 Å². The molecule has 0 bridgehead atoms. The van der Waals surface area contributed by atoms with Crippen molar-refractivity contribution in [3.63, 3.8) is 0 Å². The molecule has 70 valence electrons. The van der Waals surface area contributed by atoms with E-state index in [0.29, 0.717) is 0 Å². The predicted molar refractivity (Wildman–Crippen MR) is 55.0 cm³/mol. The fourth-order valence-electron chi connectivity index (χ4n) is 2.80. The minimum atomic E-state index is 0.806. The number of rotatable bonds is 0. The van der Waals surface area contributed by atoms with Gasteiger partial charge in [-0.1, -0.05) is 38.8 Å². The Labute approximate surface area is 77.1 Å². The van der Waals surface area contributed by atoms with E-state index in [1.807, 2.05) is 0 Å². The van der Waals surface area contributed by atoms with Gasteiger partial charge in [-0.3, -0.25) is 0 Å². The van der Waals surface area contributed by atoms with Crippen molar-refractivity contribution in [2.75, 3.05) is 0 Å². The second kappa shape index (κ2) is 3.24. The monoisotopic (exact) mass is 166 g/mol. The summed E-state index contributed by atoms with van der Waals surface area (Å²) < 4.78 is 0. The first-order valence-corrected chi connectivity index (χ1v) is 5.14. The summed E-state index contributed by atoms with van der Waals surface area (Å²) >= 11 is 0. The molecule has 0 radical (unpaired) electrons. The van der Waals surface area contributed by atoms with Crippen molar-refractivity contribution in [2.24, 2.45) is 23.7 Å². The summed E-state index contributed by atoms with van der Waals surface area (Å²) in [5, 5.41) is 0. The van der Waals surface area contributed by atoms with Crippen LogP contribution in [0.2, 0.25) is 0 Å². The summed E-state index contributed by atoms with van der Waals surface area (Å²) in [5.74, 6) is 3.34. The number of allylic oxidation sites excluding steroid dienone is 2. The first-order valence-electron chi connectivity index (χ1n) is 5.14. The van der Waals surface area contributed by atoms with Crippen molar-refractivity contribution < 1.29 is 0 Å². The molecule has 0 aromatic carbocycles. The van der Waals surface area contributed by atoms with Crippen LogP contribution in [0.15, 0.2) is 11.1 Å². The highest BCUT2D eigenvalue weighted by atomic mass is 14.4. The highest BCUT2D eigenvalue weighted by Crippen LogP contribution is 2.45. The molecular formula is C12H22. The summed E-state index contributed by atoms with van der Waals surface area (Å²) in [5.41, 5.74) is 3.27. The van der Waals surface area contributed by atoms with Crippen molar-refractivity contribution >= 4 is 0 Å². The van der Waals surface area contributed by atoms with Crippen molar-refractivity contribution in [3.8, 4) is 0 Å². The molecule has 0 N–H and O–H groups in total. The third-order valence-corrected chi connectivity index (χ3v) is 3.97. The molecule has 0 amide bonds. The molecule has 0 heterocycles. The van der Waals surface area contributed by atoms with Gasteiger partial charge in [0.1, 0.15) is 0 Å². The average Bonchev–Trinajstić information content (AvgIpc) is 2.16. The summed E-state index contributed by atoms with van der Waals surface area (Å²) in [7, 11) is 0. The second-order valence-corrected chi connectivity index (χ2v) is 4.75. The quantitative estimate of drug-likeness (QED) is 0.479. The van der Waals surface area contributed by atoms with Gasteiger partial charge in [0.25, 0.3) is 0 Å². The number of hydrogen-bond donors (Lipinski definition) is 0. The van der Waals surface area contributed by atoms with Gasteiger partial charge in [0.2, 0.25) is 0 Å². The molecule has 0 saturated heterocycles. The zero-order chi connectivity index (χ0) is 9.46. The van der Waals surface area contributed by atoms with Gasteiger partial charge in [-0.25, -0.2) is 0 Å². The smallest absolute Gasteiger partial charge is 0.0198 e. The third kappa shape index (κ3) is 1.32. The first-order chi connectivity index (χ1) is 5.46. The van der Waals surface area contributed by atoms with E-state index in [1.165, 1.54) is 0 Å². The van der Waals surface area contributed by atoms with Crippen LogP contribution in [0.4, 0.5) is 0 Å². The third-order valence-electron chi connectivity index (χ3n) is 3.97. The molecule has 1 saturated carbocycles. The summed E-state index contributed by atoms with van der Waals surface area (Å²) in [6.07, 6.45) is 0. The molecular weight excluding hydrogens is 144 g/mol. The molecule has 4 unspecified atom stereocenters. The highest BCUT2D eigenvalue weighted by molar-refractivity contribution is 5.22. The molecule has 0 aromatic rings. The topological polar surface area (TPSA) is 0 Å². The summed E-state index contributed by atoms with van der Waals surface area (Å²) in [4.78, 5) is 0. The Hall–Kier alpha value is -0.260. The van der Waals surface area contributed by atoms with Gasteiger partial charge in [-0.15, -0.1) is 0 Å². The van der Waals surface area contributed by atoms with E-state index in [1.54, 1.807) is 11.1 Å². The molecule has 12 heavy (non-hydrogen) atoms. The summed E-state index contributed by atoms with van der Waals surface area (Å²) in [6.45, 7) is 14.1. The minimum absolute atomic E-state index is 0.806. The Morgan fingerprint density at radius 2 is 1.17 bits per heavy atom. The van der Waals surface area contributed by atoms with E-state index in [9.17, 15) is 0 Å². The van der Waals surface area contributed by atoms with Gasteiger partial charge >= 0.3 is 0 Å². The highest BCUT2D eigenvalue weighted by Gasteiger charge is 2.37. The van der Waals surface area contributed by atoms with Crippen LogP contribution < -0.4 is 0 Å². The maximum Gasteiger partial charge on any atom is -0.0198 e. The van der Waals surface area contributed by atoms with E-state index in [2.05, 4.69) is 41.5 Å². The fraction of sp³-hybridized carbons (Fsp3) is 0.833. The lowest BCUT2D eigenvalue weighted by atomic mass is 9.92. The lowest BCUT2D eigenvalue weighted by Crippen LogP contribution is -2.07. The molecule has 0 aliphatic heterocycles. The van der Waals surface area contributed by atoms with Crippen LogP contribution in [0.3, 0.4) is 0 Å². The van der Waals surface area contributed by atoms with Gasteiger partial charge in [0.05, 0.1) is 0 Å². The zero-order valence-electron chi connectivity index (χ0n) is 9.31. The van der Waals surface area contributed by atoms with Crippen LogP contribution in [-0.4, -0.2) is 0 Å². The average molecular weight is 166 g/mol. The molecule has 1 aliphatic rings.